The molecule has 0 radical (unpaired) electrons. The summed E-state index contributed by atoms with van der Waals surface area (Å²) in [5.41, 5.74) is 1.68. The third-order valence-corrected chi connectivity index (χ3v) is 1.69. The molecular formula is C9H13NO2. The standard InChI is InChI=1S/C9H13NO2/c1-3-4-7-5-8(10-6-7)9(11)12-2/h5-6,10H,3-4H2,1-2H3. The molecule has 0 atom stereocenters. The van der Waals surface area contributed by atoms with Gasteiger partial charge in [-0.25, -0.2) is 4.79 Å². The van der Waals surface area contributed by atoms with Gasteiger partial charge in [-0.1, -0.05) is 13.3 Å². The Bertz CT molecular complexity index is 265. The number of H-pyrrole nitrogens is 1. The molecule has 1 aromatic rings. The second kappa shape index (κ2) is 3.95. The van der Waals surface area contributed by atoms with E-state index in [-0.39, 0.29) is 5.97 Å². The maximum absolute atomic E-state index is 11.0. The van der Waals surface area contributed by atoms with E-state index < -0.39 is 0 Å². The first-order chi connectivity index (χ1) is 5.77. The minimum atomic E-state index is -0.308. The van der Waals surface area contributed by atoms with Gasteiger partial charge < -0.3 is 9.72 Å². The zero-order valence-electron chi connectivity index (χ0n) is 7.39. The first-order valence-corrected chi connectivity index (χ1v) is 4.03. The quantitative estimate of drug-likeness (QED) is 0.697. The Hall–Kier alpha value is -1.25. The van der Waals surface area contributed by atoms with E-state index in [1.54, 1.807) is 0 Å². The number of carbonyl (C=O) groups is 1. The second-order valence-electron chi connectivity index (χ2n) is 2.66. The highest BCUT2D eigenvalue weighted by Crippen LogP contribution is 2.06. The lowest BCUT2D eigenvalue weighted by atomic mass is 10.2. The van der Waals surface area contributed by atoms with Crippen molar-refractivity contribution in [2.45, 2.75) is 19.8 Å². The number of aromatic nitrogens is 1. The van der Waals surface area contributed by atoms with Crippen molar-refractivity contribution in [1.82, 2.24) is 4.98 Å². The number of aromatic amines is 1. The fraction of sp³-hybridized carbons (Fsp3) is 0.444. The molecular weight excluding hydrogens is 154 g/mol. The Labute approximate surface area is 71.7 Å². The minimum Gasteiger partial charge on any atom is -0.464 e. The lowest BCUT2D eigenvalue weighted by Crippen LogP contribution is -2.00. The molecule has 0 aliphatic rings. The van der Waals surface area contributed by atoms with E-state index in [1.165, 1.54) is 7.11 Å². The van der Waals surface area contributed by atoms with Gasteiger partial charge in [0.15, 0.2) is 0 Å². The van der Waals surface area contributed by atoms with Gasteiger partial charge in [-0.2, -0.15) is 0 Å². The summed E-state index contributed by atoms with van der Waals surface area (Å²) in [7, 11) is 1.38. The van der Waals surface area contributed by atoms with Crippen molar-refractivity contribution in [3.8, 4) is 0 Å². The second-order valence-corrected chi connectivity index (χ2v) is 2.66. The van der Waals surface area contributed by atoms with E-state index in [1.807, 2.05) is 12.3 Å². The summed E-state index contributed by atoms with van der Waals surface area (Å²) >= 11 is 0. The number of ether oxygens (including phenoxy) is 1. The third-order valence-electron chi connectivity index (χ3n) is 1.69. The number of hydrogen-bond acceptors (Lipinski definition) is 2. The number of nitrogens with one attached hydrogen (secondary N) is 1. The van der Waals surface area contributed by atoms with Crippen LogP contribution in [0, 0.1) is 0 Å². The van der Waals surface area contributed by atoms with Gasteiger partial charge in [-0.05, 0) is 18.1 Å². The van der Waals surface area contributed by atoms with Crippen LogP contribution in [0.1, 0.15) is 29.4 Å². The molecule has 0 bridgehead atoms. The van der Waals surface area contributed by atoms with Gasteiger partial charge in [0.1, 0.15) is 5.69 Å². The Morgan fingerprint density at radius 3 is 3.00 bits per heavy atom. The van der Waals surface area contributed by atoms with Crippen LogP contribution in [0.3, 0.4) is 0 Å². The molecule has 0 saturated heterocycles. The van der Waals surface area contributed by atoms with Crippen LogP contribution in [-0.4, -0.2) is 18.1 Å². The van der Waals surface area contributed by atoms with Crippen molar-refractivity contribution in [3.63, 3.8) is 0 Å². The maximum atomic E-state index is 11.0. The fourth-order valence-corrected chi connectivity index (χ4v) is 1.10. The summed E-state index contributed by atoms with van der Waals surface area (Å²) in [5.74, 6) is -0.308. The van der Waals surface area contributed by atoms with E-state index >= 15 is 0 Å². The van der Waals surface area contributed by atoms with E-state index in [9.17, 15) is 4.79 Å². The van der Waals surface area contributed by atoms with Gasteiger partial charge in [0, 0.05) is 6.20 Å². The number of carbonyl (C=O) groups excluding carboxylic acids is 1. The van der Waals surface area contributed by atoms with Crippen molar-refractivity contribution in [2.24, 2.45) is 0 Å². The van der Waals surface area contributed by atoms with Gasteiger partial charge in [0.2, 0.25) is 0 Å². The highest BCUT2D eigenvalue weighted by molar-refractivity contribution is 5.87. The zero-order chi connectivity index (χ0) is 8.97. The molecule has 1 heterocycles. The fourth-order valence-electron chi connectivity index (χ4n) is 1.10. The Kier molecular flexibility index (Phi) is 2.91. The normalized spacial score (nSPS) is 9.83. The molecule has 0 aliphatic heterocycles. The summed E-state index contributed by atoms with van der Waals surface area (Å²) in [6.45, 7) is 2.10. The van der Waals surface area contributed by atoms with Gasteiger partial charge in [0.05, 0.1) is 7.11 Å². The van der Waals surface area contributed by atoms with Crippen LogP contribution >= 0.6 is 0 Å². The van der Waals surface area contributed by atoms with Crippen LogP contribution in [-0.2, 0) is 11.2 Å². The average Bonchev–Trinajstić information content (AvgIpc) is 2.52. The van der Waals surface area contributed by atoms with E-state index in [2.05, 4.69) is 16.6 Å². The molecule has 0 aromatic carbocycles. The van der Waals surface area contributed by atoms with Crippen LogP contribution in [0.25, 0.3) is 0 Å². The van der Waals surface area contributed by atoms with Gasteiger partial charge in [0.25, 0.3) is 0 Å². The third kappa shape index (κ3) is 1.87. The van der Waals surface area contributed by atoms with Gasteiger partial charge in [-0.3, -0.25) is 0 Å². The molecule has 1 aromatic heterocycles. The van der Waals surface area contributed by atoms with Crippen molar-refractivity contribution >= 4 is 5.97 Å². The first-order valence-electron chi connectivity index (χ1n) is 4.03. The summed E-state index contributed by atoms with van der Waals surface area (Å²) in [6.07, 6.45) is 3.92. The zero-order valence-corrected chi connectivity index (χ0v) is 7.39. The van der Waals surface area contributed by atoms with Crippen molar-refractivity contribution in [2.75, 3.05) is 7.11 Å². The molecule has 0 saturated carbocycles. The molecule has 12 heavy (non-hydrogen) atoms. The largest absolute Gasteiger partial charge is 0.464 e. The number of hydrogen-bond donors (Lipinski definition) is 1. The van der Waals surface area contributed by atoms with Gasteiger partial charge >= 0.3 is 5.97 Å². The lowest BCUT2D eigenvalue weighted by Gasteiger charge is -1.92. The summed E-state index contributed by atoms with van der Waals surface area (Å²) < 4.78 is 4.56. The summed E-state index contributed by atoms with van der Waals surface area (Å²) in [5, 5.41) is 0. The molecule has 66 valence electrons. The van der Waals surface area contributed by atoms with Crippen LogP contribution in [0.4, 0.5) is 0 Å². The molecule has 1 rings (SSSR count). The van der Waals surface area contributed by atoms with Crippen molar-refractivity contribution < 1.29 is 9.53 Å². The molecule has 0 aliphatic carbocycles. The molecule has 1 N–H and O–H groups in total. The van der Waals surface area contributed by atoms with Crippen LogP contribution < -0.4 is 0 Å². The Morgan fingerprint density at radius 2 is 2.42 bits per heavy atom. The van der Waals surface area contributed by atoms with Crippen LogP contribution in [0.15, 0.2) is 12.3 Å². The lowest BCUT2D eigenvalue weighted by molar-refractivity contribution is 0.0595. The average molecular weight is 167 g/mol. The number of rotatable bonds is 3. The molecule has 0 unspecified atom stereocenters. The monoisotopic (exact) mass is 167 g/mol. The summed E-state index contributed by atoms with van der Waals surface area (Å²) in [4.78, 5) is 13.8. The molecule has 3 nitrogen and oxygen atoms in total. The topological polar surface area (TPSA) is 42.1 Å². The highest BCUT2D eigenvalue weighted by atomic mass is 16.5. The maximum Gasteiger partial charge on any atom is 0.354 e. The minimum absolute atomic E-state index is 0.308. The smallest absolute Gasteiger partial charge is 0.354 e. The van der Waals surface area contributed by atoms with E-state index in [0.29, 0.717) is 5.69 Å². The van der Waals surface area contributed by atoms with Crippen molar-refractivity contribution in [3.05, 3.63) is 23.5 Å². The highest BCUT2D eigenvalue weighted by Gasteiger charge is 2.06. The van der Waals surface area contributed by atoms with Crippen LogP contribution in [0.5, 0.6) is 0 Å². The molecule has 3 heteroatoms. The molecule has 0 amide bonds. The Morgan fingerprint density at radius 1 is 1.67 bits per heavy atom. The molecule has 0 fully saturated rings. The van der Waals surface area contributed by atoms with E-state index in [4.69, 9.17) is 0 Å². The van der Waals surface area contributed by atoms with E-state index in [0.717, 1.165) is 18.4 Å². The number of esters is 1. The van der Waals surface area contributed by atoms with Crippen LogP contribution in [0.2, 0.25) is 0 Å². The predicted octanol–water partition coefficient (Wildman–Crippen LogP) is 1.75. The first kappa shape index (κ1) is 8.84. The number of methoxy groups -OCH3 is 1. The van der Waals surface area contributed by atoms with Crippen molar-refractivity contribution in [1.29, 1.82) is 0 Å². The number of aryl methyl sites for hydroxylation is 1. The molecule has 0 spiro atoms. The summed E-state index contributed by atoms with van der Waals surface area (Å²) in [6, 6.07) is 1.83. The Balaban J connectivity index is 2.70. The van der Waals surface area contributed by atoms with Gasteiger partial charge in [-0.15, -0.1) is 0 Å². The predicted molar refractivity (Wildman–Crippen MR) is 46.1 cm³/mol. The SMILES string of the molecule is CCCc1c[nH]c(C(=O)OC)c1.